The Kier molecular flexibility index (Phi) is 5.32. The highest BCUT2D eigenvalue weighted by molar-refractivity contribution is 4.80. The Labute approximate surface area is 56.1 Å². The van der Waals surface area contributed by atoms with E-state index in [4.69, 9.17) is 9.84 Å². The monoisotopic (exact) mass is 130 g/mol. The number of ether oxygens (including phenoxy) is 1. The van der Waals surface area contributed by atoms with E-state index in [1.54, 1.807) is 7.11 Å². The van der Waals surface area contributed by atoms with Gasteiger partial charge < -0.3 is 9.84 Å². The number of aliphatic hydroxyl groups is 1. The number of hydrogen-bond acceptors (Lipinski definition) is 2. The third kappa shape index (κ3) is 5.37. The Morgan fingerprint density at radius 2 is 2.22 bits per heavy atom. The van der Waals surface area contributed by atoms with Crippen LogP contribution >= 0.6 is 0 Å². The van der Waals surface area contributed by atoms with E-state index in [9.17, 15) is 0 Å². The van der Waals surface area contributed by atoms with E-state index in [0.717, 1.165) is 25.0 Å². The molecule has 0 atom stereocenters. The Balaban J connectivity index is 2.97. The van der Waals surface area contributed by atoms with Crippen molar-refractivity contribution in [3.63, 3.8) is 0 Å². The van der Waals surface area contributed by atoms with Crippen molar-refractivity contribution in [1.82, 2.24) is 0 Å². The maximum Gasteiger partial charge on any atom is 0.0883 e. The van der Waals surface area contributed by atoms with E-state index in [0.29, 0.717) is 0 Å². The molecule has 2 heteroatoms. The summed E-state index contributed by atoms with van der Waals surface area (Å²) in [5.74, 6) is 0.795. The summed E-state index contributed by atoms with van der Waals surface area (Å²) in [7, 11) is 1.61. The van der Waals surface area contributed by atoms with Gasteiger partial charge in [-0.05, 0) is 12.8 Å². The Bertz CT molecular complexity index is 79.0. The van der Waals surface area contributed by atoms with Gasteiger partial charge in [0.2, 0.25) is 0 Å². The van der Waals surface area contributed by atoms with Gasteiger partial charge in [-0.3, -0.25) is 0 Å². The van der Waals surface area contributed by atoms with Crippen LogP contribution in [0.1, 0.15) is 19.3 Å². The first-order chi connectivity index (χ1) is 4.31. The van der Waals surface area contributed by atoms with Gasteiger partial charge in [0.1, 0.15) is 0 Å². The van der Waals surface area contributed by atoms with Gasteiger partial charge in [0.15, 0.2) is 0 Å². The molecule has 0 amide bonds. The highest BCUT2D eigenvalue weighted by atomic mass is 16.5. The van der Waals surface area contributed by atoms with Gasteiger partial charge >= 0.3 is 0 Å². The normalized spacial score (nSPS) is 9.11. The van der Waals surface area contributed by atoms with Crippen LogP contribution in [-0.4, -0.2) is 18.8 Å². The zero-order valence-corrected chi connectivity index (χ0v) is 5.89. The van der Waals surface area contributed by atoms with Crippen molar-refractivity contribution in [2.24, 2.45) is 0 Å². The number of rotatable bonds is 5. The molecule has 0 aromatic carbocycles. The predicted octanol–water partition coefficient (Wildman–Crippen LogP) is 1.31. The molecule has 0 unspecified atom stereocenters. The smallest absolute Gasteiger partial charge is 0.0883 e. The molecular formula is C7H14O2. The molecule has 0 bridgehead atoms. The van der Waals surface area contributed by atoms with Crippen LogP contribution in [0.15, 0.2) is 12.3 Å². The van der Waals surface area contributed by atoms with Crippen molar-refractivity contribution in [3.05, 3.63) is 12.3 Å². The van der Waals surface area contributed by atoms with Crippen molar-refractivity contribution < 1.29 is 9.84 Å². The fraction of sp³-hybridized carbons (Fsp3) is 0.714. The lowest BCUT2D eigenvalue weighted by atomic mass is 10.2. The van der Waals surface area contributed by atoms with Crippen molar-refractivity contribution in [1.29, 1.82) is 0 Å². The lowest BCUT2D eigenvalue weighted by molar-refractivity contribution is 0.259. The first kappa shape index (κ1) is 8.50. The van der Waals surface area contributed by atoms with Crippen LogP contribution in [-0.2, 0) is 4.74 Å². The van der Waals surface area contributed by atoms with Gasteiger partial charge in [-0.1, -0.05) is 6.58 Å². The van der Waals surface area contributed by atoms with E-state index in [-0.39, 0.29) is 6.61 Å². The average molecular weight is 130 g/mol. The summed E-state index contributed by atoms with van der Waals surface area (Å²) in [4.78, 5) is 0. The van der Waals surface area contributed by atoms with Gasteiger partial charge in [-0.2, -0.15) is 0 Å². The molecule has 0 radical (unpaired) electrons. The van der Waals surface area contributed by atoms with Crippen LogP contribution in [0, 0.1) is 0 Å². The van der Waals surface area contributed by atoms with Crippen molar-refractivity contribution in [3.8, 4) is 0 Å². The molecule has 0 spiro atoms. The van der Waals surface area contributed by atoms with Crippen molar-refractivity contribution >= 4 is 0 Å². The summed E-state index contributed by atoms with van der Waals surface area (Å²) >= 11 is 0. The second-order valence-electron chi connectivity index (χ2n) is 1.92. The molecular weight excluding hydrogens is 116 g/mol. The summed E-state index contributed by atoms with van der Waals surface area (Å²) < 4.78 is 4.82. The molecule has 0 fully saturated rings. The minimum atomic E-state index is 0.261. The fourth-order valence-corrected chi connectivity index (χ4v) is 0.536. The van der Waals surface area contributed by atoms with Crippen LogP contribution < -0.4 is 0 Å². The maximum atomic E-state index is 8.38. The minimum absolute atomic E-state index is 0.261. The van der Waals surface area contributed by atoms with Gasteiger partial charge in [0.05, 0.1) is 12.9 Å². The molecule has 0 aliphatic rings. The molecule has 0 aromatic heterocycles. The highest BCUT2D eigenvalue weighted by Crippen LogP contribution is 2.03. The Hall–Kier alpha value is -0.500. The molecule has 9 heavy (non-hydrogen) atoms. The van der Waals surface area contributed by atoms with E-state index in [1.165, 1.54) is 0 Å². The largest absolute Gasteiger partial charge is 0.502 e. The third-order valence-electron chi connectivity index (χ3n) is 1.15. The summed E-state index contributed by atoms with van der Waals surface area (Å²) in [6.45, 7) is 3.90. The summed E-state index contributed by atoms with van der Waals surface area (Å²) in [5.41, 5.74) is 0. The summed E-state index contributed by atoms with van der Waals surface area (Å²) in [6.07, 6.45) is 2.66. The van der Waals surface area contributed by atoms with Crippen LogP contribution in [0.5, 0.6) is 0 Å². The molecule has 0 aliphatic carbocycles. The first-order valence-corrected chi connectivity index (χ1v) is 3.14. The Morgan fingerprint density at radius 3 is 2.67 bits per heavy atom. The average Bonchev–Trinajstić information content (AvgIpc) is 1.89. The first-order valence-electron chi connectivity index (χ1n) is 3.14. The predicted molar refractivity (Wildman–Crippen MR) is 37.1 cm³/mol. The molecule has 2 nitrogen and oxygen atoms in total. The van der Waals surface area contributed by atoms with Gasteiger partial charge in [-0.25, -0.2) is 0 Å². The number of aliphatic hydroxyl groups excluding tert-OH is 1. The molecule has 0 aromatic rings. The fourth-order valence-electron chi connectivity index (χ4n) is 0.536. The Morgan fingerprint density at radius 1 is 1.56 bits per heavy atom. The number of hydrogen-bond donors (Lipinski definition) is 1. The summed E-state index contributed by atoms with van der Waals surface area (Å²) in [6, 6.07) is 0. The molecule has 0 heterocycles. The van der Waals surface area contributed by atoms with E-state index in [1.807, 2.05) is 0 Å². The van der Waals surface area contributed by atoms with E-state index in [2.05, 4.69) is 6.58 Å². The van der Waals surface area contributed by atoms with Gasteiger partial charge in [-0.15, -0.1) is 0 Å². The maximum absolute atomic E-state index is 8.38. The second-order valence-corrected chi connectivity index (χ2v) is 1.92. The molecule has 0 saturated heterocycles. The zero-order valence-electron chi connectivity index (χ0n) is 5.89. The van der Waals surface area contributed by atoms with Gasteiger partial charge in [0.25, 0.3) is 0 Å². The molecule has 54 valence electrons. The molecule has 0 rings (SSSR count). The molecule has 0 aliphatic heterocycles. The standard InChI is InChI=1S/C7H14O2/c1-7(9-2)5-3-4-6-8/h8H,1,3-6H2,2H3. The van der Waals surface area contributed by atoms with Crippen LogP contribution in [0.4, 0.5) is 0 Å². The molecule has 0 saturated carbocycles. The molecule has 1 N–H and O–H groups in total. The lowest BCUT2D eigenvalue weighted by Gasteiger charge is -2.00. The van der Waals surface area contributed by atoms with Crippen LogP contribution in [0.3, 0.4) is 0 Å². The number of allylic oxidation sites excluding steroid dienone is 1. The lowest BCUT2D eigenvalue weighted by Crippen LogP contribution is -1.87. The van der Waals surface area contributed by atoms with E-state index < -0.39 is 0 Å². The summed E-state index contributed by atoms with van der Waals surface area (Å²) in [5, 5.41) is 8.38. The van der Waals surface area contributed by atoms with Crippen molar-refractivity contribution in [2.75, 3.05) is 13.7 Å². The number of methoxy groups -OCH3 is 1. The SMILES string of the molecule is C=C(CCCCO)OC. The quantitative estimate of drug-likeness (QED) is 0.449. The zero-order chi connectivity index (χ0) is 7.11. The minimum Gasteiger partial charge on any atom is -0.502 e. The highest BCUT2D eigenvalue weighted by Gasteiger charge is 1.90. The van der Waals surface area contributed by atoms with E-state index >= 15 is 0 Å². The van der Waals surface area contributed by atoms with Gasteiger partial charge in [0, 0.05) is 13.0 Å². The van der Waals surface area contributed by atoms with Crippen molar-refractivity contribution in [2.45, 2.75) is 19.3 Å². The number of unbranched alkanes of at least 4 members (excludes halogenated alkanes) is 1. The topological polar surface area (TPSA) is 29.5 Å². The third-order valence-corrected chi connectivity index (χ3v) is 1.15. The van der Waals surface area contributed by atoms with Crippen LogP contribution in [0.2, 0.25) is 0 Å². The second kappa shape index (κ2) is 5.63. The van der Waals surface area contributed by atoms with Crippen LogP contribution in [0.25, 0.3) is 0 Å².